The third-order valence-corrected chi connectivity index (χ3v) is 1.79. The third kappa shape index (κ3) is 3.01. The van der Waals surface area contributed by atoms with Gasteiger partial charge in [0.15, 0.2) is 0 Å². The summed E-state index contributed by atoms with van der Waals surface area (Å²) in [6.45, 7) is 5.32. The summed E-state index contributed by atoms with van der Waals surface area (Å²) in [5.74, 6) is 0. The van der Waals surface area contributed by atoms with Crippen molar-refractivity contribution < 1.29 is 0 Å². The van der Waals surface area contributed by atoms with Crippen molar-refractivity contribution in [2.45, 2.75) is 26.3 Å². The quantitative estimate of drug-likeness (QED) is 0.731. The fourth-order valence-corrected chi connectivity index (χ4v) is 1.25. The van der Waals surface area contributed by atoms with E-state index in [1.165, 1.54) is 0 Å². The maximum Gasteiger partial charge on any atom is 0.0419 e. The van der Waals surface area contributed by atoms with Gasteiger partial charge in [-0.3, -0.25) is 4.98 Å². The van der Waals surface area contributed by atoms with Crippen LogP contribution in [0.1, 0.15) is 19.5 Å². The Morgan fingerprint density at radius 3 is 2.92 bits per heavy atom. The molecule has 1 atom stereocenters. The molecule has 66 valence electrons. The van der Waals surface area contributed by atoms with Gasteiger partial charge in [-0.2, -0.15) is 0 Å². The Balaban J connectivity index is 2.41. The normalized spacial score (nSPS) is 12.8. The maximum absolute atomic E-state index is 4.26. The summed E-state index contributed by atoms with van der Waals surface area (Å²) in [5.41, 5.74) is 1.16. The van der Waals surface area contributed by atoms with Crippen LogP contribution < -0.4 is 5.32 Å². The number of nitrogens with zero attached hydrogens (tertiary/aromatic N) is 1. The predicted octanol–water partition coefficient (Wildman–Crippen LogP) is 1.62. The molecule has 0 aromatic carbocycles. The molecule has 0 spiro atoms. The summed E-state index contributed by atoms with van der Waals surface area (Å²) < 4.78 is 0. The highest BCUT2D eigenvalue weighted by Gasteiger charge is 2.00. The van der Waals surface area contributed by atoms with Gasteiger partial charge in [0.2, 0.25) is 0 Å². The van der Waals surface area contributed by atoms with E-state index in [-0.39, 0.29) is 0 Å². The van der Waals surface area contributed by atoms with Crippen molar-refractivity contribution in [3.8, 4) is 0 Å². The van der Waals surface area contributed by atoms with Crippen LogP contribution in [0.25, 0.3) is 0 Å². The predicted molar refractivity (Wildman–Crippen MR) is 51.1 cm³/mol. The topological polar surface area (TPSA) is 24.9 Å². The van der Waals surface area contributed by atoms with E-state index in [1.807, 2.05) is 18.3 Å². The van der Waals surface area contributed by atoms with E-state index >= 15 is 0 Å². The molecule has 0 radical (unpaired) electrons. The lowest BCUT2D eigenvalue weighted by atomic mass is 10.1. The first-order valence-electron chi connectivity index (χ1n) is 4.46. The molecule has 0 saturated heterocycles. The Hall–Kier alpha value is -0.890. The number of hydrogen-bond acceptors (Lipinski definition) is 2. The van der Waals surface area contributed by atoms with Crippen LogP contribution in [-0.4, -0.2) is 17.6 Å². The summed E-state index contributed by atoms with van der Waals surface area (Å²) in [6, 6.07) is 6.56. The van der Waals surface area contributed by atoms with E-state index < -0.39 is 0 Å². The summed E-state index contributed by atoms with van der Waals surface area (Å²) in [6.07, 6.45) is 2.85. The molecule has 0 bridgehead atoms. The highest BCUT2D eigenvalue weighted by atomic mass is 14.9. The average Bonchev–Trinajstić information content (AvgIpc) is 2.06. The van der Waals surface area contributed by atoms with Crippen LogP contribution >= 0.6 is 0 Å². The van der Waals surface area contributed by atoms with Crippen molar-refractivity contribution in [1.82, 2.24) is 10.3 Å². The van der Waals surface area contributed by atoms with Gasteiger partial charge in [-0.25, -0.2) is 0 Å². The molecule has 1 rings (SSSR count). The minimum absolute atomic E-state index is 0.518. The smallest absolute Gasteiger partial charge is 0.0419 e. The van der Waals surface area contributed by atoms with Crippen molar-refractivity contribution in [3.05, 3.63) is 30.1 Å². The Labute approximate surface area is 74.0 Å². The minimum atomic E-state index is 0.518. The molecule has 1 N–H and O–H groups in total. The molecule has 0 amide bonds. The van der Waals surface area contributed by atoms with E-state index in [0.29, 0.717) is 6.04 Å². The van der Waals surface area contributed by atoms with Gasteiger partial charge in [0.1, 0.15) is 0 Å². The largest absolute Gasteiger partial charge is 0.314 e. The second-order valence-corrected chi connectivity index (χ2v) is 2.98. The molecule has 1 unspecified atom stereocenters. The van der Waals surface area contributed by atoms with Gasteiger partial charge in [0.25, 0.3) is 0 Å². The fraction of sp³-hybridized carbons (Fsp3) is 0.500. The Morgan fingerprint density at radius 2 is 2.33 bits per heavy atom. The summed E-state index contributed by atoms with van der Waals surface area (Å²) >= 11 is 0. The van der Waals surface area contributed by atoms with Crippen molar-refractivity contribution in [2.24, 2.45) is 0 Å². The third-order valence-electron chi connectivity index (χ3n) is 1.79. The van der Waals surface area contributed by atoms with E-state index in [4.69, 9.17) is 0 Å². The molecule has 0 fully saturated rings. The monoisotopic (exact) mass is 164 g/mol. The van der Waals surface area contributed by atoms with Gasteiger partial charge < -0.3 is 5.32 Å². The molecular weight excluding hydrogens is 148 g/mol. The Bertz CT molecular complexity index is 208. The van der Waals surface area contributed by atoms with Crippen LogP contribution in [0, 0.1) is 0 Å². The molecule has 2 heteroatoms. The number of nitrogens with one attached hydrogen (secondary N) is 1. The van der Waals surface area contributed by atoms with Gasteiger partial charge in [-0.1, -0.05) is 13.0 Å². The van der Waals surface area contributed by atoms with Crippen LogP contribution in [0.3, 0.4) is 0 Å². The lowest BCUT2D eigenvalue weighted by Gasteiger charge is -2.10. The Kier molecular flexibility index (Phi) is 3.74. The van der Waals surface area contributed by atoms with Crippen molar-refractivity contribution in [1.29, 1.82) is 0 Å². The number of likely N-dealkylation sites (N-methyl/N-ethyl adjacent to an activating group) is 1. The lowest BCUT2D eigenvalue weighted by molar-refractivity contribution is 0.559. The van der Waals surface area contributed by atoms with E-state index in [9.17, 15) is 0 Å². The maximum atomic E-state index is 4.26. The molecule has 0 saturated carbocycles. The van der Waals surface area contributed by atoms with Crippen LogP contribution in [-0.2, 0) is 6.42 Å². The molecular formula is C10H16N2. The van der Waals surface area contributed by atoms with Crippen LogP contribution in [0.2, 0.25) is 0 Å². The highest BCUT2D eigenvalue weighted by molar-refractivity contribution is 5.04. The summed E-state index contributed by atoms with van der Waals surface area (Å²) in [7, 11) is 0. The zero-order chi connectivity index (χ0) is 8.81. The summed E-state index contributed by atoms with van der Waals surface area (Å²) in [5, 5.41) is 3.35. The van der Waals surface area contributed by atoms with Gasteiger partial charge in [0.05, 0.1) is 0 Å². The fourth-order valence-electron chi connectivity index (χ4n) is 1.25. The molecule has 1 aromatic heterocycles. The summed E-state index contributed by atoms with van der Waals surface area (Å²) in [4.78, 5) is 4.26. The minimum Gasteiger partial charge on any atom is -0.314 e. The van der Waals surface area contributed by atoms with Gasteiger partial charge in [-0.15, -0.1) is 0 Å². The first-order chi connectivity index (χ1) is 5.83. The molecule has 0 aliphatic carbocycles. The van der Waals surface area contributed by atoms with Crippen molar-refractivity contribution >= 4 is 0 Å². The molecule has 2 nitrogen and oxygen atoms in total. The second kappa shape index (κ2) is 4.88. The number of hydrogen-bond donors (Lipinski definition) is 1. The molecule has 0 aliphatic rings. The molecule has 1 heterocycles. The first-order valence-corrected chi connectivity index (χ1v) is 4.46. The SMILES string of the molecule is CCNC(C)Cc1ccccn1. The number of pyridine rings is 1. The van der Waals surface area contributed by atoms with Crippen LogP contribution in [0.4, 0.5) is 0 Å². The lowest BCUT2D eigenvalue weighted by Crippen LogP contribution is -2.27. The van der Waals surface area contributed by atoms with Crippen LogP contribution in [0.15, 0.2) is 24.4 Å². The number of rotatable bonds is 4. The highest BCUT2D eigenvalue weighted by Crippen LogP contribution is 1.97. The zero-order valence-corrected chi connectivity index (χ0v) is 7.75. The van der Waals surface area contributed by atoms with E-state index in [2.05, 4.69) is 30.2 Å². The first kappa shape index (κ1) is 9.20. The molecule has 0 aliphatic heterocycles. The molecule has 1 aromatic rings. The van der Waals surface area contributed by atoms with E-state index in [0.717, 1.165) is 18.7 Å². The van der Waals surface area contributed by atoms with Gasteiger partial charge in [-0.05, 0) is 25.6 Å². The Morgan fingerprint density at radius 1 is 1.50 bits per heavy atom. The van der Waals surface area contributed by atoms with Gasteiger partial charge >= 0.3 is 0 Å². The van der Waals surface area contributed by atoms with Crippen LogP contribution in [0.5, 0.6) is 0 Å². The van der Waals surface area contributed by atoms with E-state index in [1.54, 1.807) is 0 Å². The average molecular weight is 164 g/mol. The second-order valence-electron chi connectivity index (χ2n) is 2.98. The zero-order valence-electron chi connectivity index (χ0n) is 7.75. The van der Waals surface area contributed by atoms with Crippen molar-refractivity contribution in [2.75, 3.05) is 6.54 Å². The number of aromatic nitrogens is 1. The molecule has 12 heavy (non-hydrogen) atoms. The van der Waals surface area contributed by atoms with Crippen molar-refractivity contribution in [3.63, 3.8) is 0 Å². The standard InChI is InChI=1S/C10H16N2/c1-3-11-9(2)8-10-6-4-5-7-12-10/h4-7,9,11H,3,8H2,1-2H3. The van der Waals surface area contributed by atoms with Gasteiger partial charge in [0, 0.05) is 24.4 Å².